The normalized spacial score (nSPS) is 28.3. The molecule has 1 saturated carbocycles. The maximum atomic E-state index is 13.2. The van der Waals surface area contributed by atoms with Crippen molar-refractivity contribution in [2.24, 2.45) is 11.8 Å². The van der Waals surface area contributed by atoms with Gasteiger partial charge in [-0.05, 0) is 50.0 Å². The molecule has 27 heavy (non-hydrogen) atoms. The molecule has 2 aliphatic heterocycles. The molecule has 2 aromatic rings. The molecule has 4 unspecified atom stereocenters. The van der Waals surface area contributed by atoms with E-state index in [2.05, 4.69) is 42.2 Å². The third-order valence-electron chi connectivity index (χ3n) is 6.90. The molecule has 0 amide bonds. The van der Waals surface area contributed by atoms with Crippen LogP contribution >= 0.6 is 11.8 Å². The van der Waals surface area contributed by atoms with Crippen LogP contribution in [0.3, 0.4) is 0 Å². The molecule has 3 aliphatic rings. The molecule has 1 aromatic heterocycles. The molecule has 0 radical (unpaired) electrons. The summed E-state index contributed by atoms with van der Waals surface area (Å²) in [6, 6.07) is 11.1. The SMILES string of the molecule is Cc1nc2n(c(=O)c1C(C)N1CC3CC(c4ccccc4)C3C1)CCCS2. The van der Waals surface area contributed by atoms with Gasteiger partial charge in [-0.2, -0.15) is 0 Å². The summed E-state index contributed by atoms with van der Waals surface area (Å²) in [5.74, 6) is 3.27. The van der Waals surface area contributed by atoms with Crippen LogP contribution in [0, 0.1) is 18.8 Å². The minimum absolute atomic E-state index is 0.150. The third-order valence-corrected chi connectivity index (χ3v) is 7.97. The van der Waals surface area contributed by atoms with Crippen molar-refractivity contribution in [2.75, 3.05) is 18.8 Å². The van der Waals surface area contributed by atoms with Crippen LogP contribution in [-0.2, 0) is 6.54 Å². The molecule has 5 heteroatoms. The van der Waals surface area contributed by atoms with Crippen LogP contribution in [0.2, 0.25) is 0 Å². The fourth-order valence-corrected chi connectivity index (χ4v) is 6.34. The summed E-state index contributed by atoms with van der Waals surface area (Å²) in [6.07, 6.45) is 2.34. The number of thioether (sulfide) groups is 1. The lowest BCUT2D eigenvalue weighted by Gasteiger charge is -2.40. The molecule has 2 fully saturated rings. The number of fused-ring (bicyclic) bond motifs is 2. The van der Waals surface area contributed by atoms with E-state index in [0.717, 1.165) is 60.1 Å². The summed E-state index contributed by atoms with van der Waals surface area (Å²) >= 11 is 1.72. The van der Waals surface area contributed by atoms with Gasteiger partial charge in [-0.3, -0.25) is 14.3 Å². The van der Waals surface area contributed by atoms with Gasteiger partial charge in [-0.15, -0.1) is 0 Å². The highest BCUT2D eigenvalue weighted by Gasteiger charge is 2.48. The van der Waals surface area contributed by atoms with Gasteiger partial charge in [0.1, 0.15) is 0 Å². The van der Waals surface area contributed by atoms with E-state index >= 15 is 0 Å². The second-order valence-corrected chi connectivity index (χ2v) is 9.42. The number of aromatic nitrogens is 2. The summed E-state index contributed by atoms with van der Waals surface area (Å²) in [6.45, 7) is 7.25. The summed E-state index contributed by atoms with van der Waals surface area (Å²) in [5.41, 5.74) is 3.51. The van der Waals surface area contributed by atoms with Crippen LogP contribution in [0.15, 0.2) is 40.3 Å². The van der Waals surface area contributed by atoms with Gasteiger partial charge in [0, 0.05) is 31.4 Å². The summed E-state index contributed by atoms with van der Waals surface area (Å²) in [5, 5.41) is 0.908. The molecule has 142 valence electrons. The molecule has 0 spiro atoms. The highest BCUT2D eigenvalue weighted by Crippen LogP contribution is 2.52. The van der Waals surface area contributed by atoms with Crippen LogP contribution in [0.5, 0.6) is 0 Å². The molecule has 4 atom stereocenters. The summed E-state index contributed by atoms with van der Waals surface area (Å²) in [7, 11) is 0. The number of likely N-dealkylation sites (tertiary alicyclic amines) is 1. The Kier molecular flexibility index (Phi) is 4.40. The highest BCUT2D eigenvalue weighted by molar-refractivity contribution is 7.99. The second kappa shape index (κ2) is 6.78. The van der Waals surface area contributed by atoms with Crippen molar-refractivity contribution < 1.29 is 0 Å². The minimum atomic E-state index is 0.150. The van der Waals surface area contributed by atoms with Crippen molar-refractivity contribution >= 4 is 11.8 Å². The first-order chi connectivity index (χ1) is 13.1. The van der Waals surface area contributed by atoms with E-state index in [1.54, 1.807) is 11.8 Å². The molecule has 4 nitrogen and oxygen atoms in total. The van der Waals surface area contributed by atoms with Crippen LogP contribution in [0.4, 0.5) is 0 Å². The molecule has 0 N–H and O–H groups in total. The number of aryl methyl sites for hydroxylation is 1. The van der Waals surface area contributed by atoms with E-state index in [4.69, 9.17) is 4.98 Å². The zero-order valence-electron chi connectivity index (χ0n) is 16.1. The van der Waals surface area contributed by atoms with Gasteiger partial charge in [0.2, 0.25) is 0 Å². The van der Waals surface area contributed by atoms with Crippen molar-refractivity contribution in [3.63, 3.8) is 0 Å². The molecule has 0 bridgehead atoms. The van der Waals surface area contributed by atoms with Crippen LogP contribution in [0.25, 0.3) is 0 Å². The van der Waals surface area contributed by atoms with E-state index in [1.165, 1.54) is 12.0 Å². The van der Waals surface area contributed by atoms with Gasteiger partial charge in [0.05, 0.1) is 11.3 Å². The Labute approximate surface area is 165 Å². The topological polar surface area (TPSA) is 38.1 Å². The number of hydrogen-bond donors (Lipinski definition) is 0. The molecule has 5 rings (SSSR count). The van der Waals surface area contributed by atoms with Gasteiger partial charge in [-0.25, -0.2) is 4.98 Å². The number of nitrogens with zero attached hydrogens (tertiary/aromatic N) is 3. The average Bonchev–Trinajstić information content (AvgIpc) is 2.99. The van der Waals surface area contributed by atoms with Crippen LogP contribution in [-0.4, -0.2) is 33.3 Å². The first-order valence-corrected chi connectivity index (χ1v) is 11.1. The summed E-state index contributed by atoms with van der Waals surface area (Å²) in [4.78, 5) is 20.5. The average molecular weight is 382 g/mol. The zero-order valence-corrected chi connectivity index (χ0v) is 16.9. The number of benzene rings is 1. The van der Waals surface area contributed by atoms with Crippen molar-refractivity contribution in [1.82, 2.24) is 14.5 Å². The maximum Gasteiger partial charge on any atom is 0.259 e. The largest absolute Gasteiger partial charge is 0.296 e. The van der Waals surface area contributed by atoms with E-state index in [9.17, 15) is 4.79 Å². The standard InChI is InChI=1S/C22H27N3OS/c1-14-20(21(26)25-9-6-10-27-22(25)23-14)15(2)24-12-17-11-18(19(17)13-24)16-7-4-3-5-8-16/h3-5,7-8,15,17-19H,6,9-13H2,1-2H3. The molecular formula is C22H27N3OS. The molecular weight excluding hydrogens is 354 g/mol. The minimum Gasteiger partial charge on any atom is -0.296 e. The number of rotatable bonds is 3. The van der Waals surface area contributed by atoms with Crippen LogP contribution < -0.4 is 5.56 Å². The lowest BCUT2D eigenvalue weighted by Crippen LogP contribution is -2.35. The monoisotopic (exact) mass is 381 g/mol. The van der Waals surface area contributed by atoms with Crippen molar-refractivity contribution in [3.8, 4) is 0 Å². The van der Waals surface area contributed by atoms with Crippen molar-refractivity contribution in [3.05, 3.63) is 57.5 Å². The Bertz CT molecular complexity index is 910. The van der Waals surface area contributed by atoms with Crippen LogP contribution in [0.1, 0.15) is 48.5 Å². The summed E-state index contributed by atoms with van der Waals surface area (Å²) < 4.78 is 1.91. The molecule has 1 aliphatic carbocycles. The van der Waals surface area contributed by atoms with Gasteiger partial charge in [0.25, 0.3) is 5.56 Å². The Morgan fingerprint density at radius 2 is 2.04 bits per heavy atom. The van der Waals surface area contributed by atoms with Gasteiger partial charge in [-0.1, -0.05) is 42.1 Å². The zero-order chi connectivity index (χ0) is 18.5. The highest BCUT2D eigenvalue weighted by atomic mass is 32.2. The fourth-order valence-electron chi connectivity index (χ4n) is 5.35. The van der Waals surface area contributed by atoms with E-state index in [0.29, 0.717) is 5.92 Å². The van der Waals surface area contributed by atoms with E-state index in [1.807, 2.05) is 11.5 Å². The lowest BCUT2D eigenvalue weighted by atomic mass is 9.64. The van der Waals surface area contributed by atoms with Gasteiger partial charge < -0.3 is 0 Å². The first-order valence-electron chi connectivity index (χ1n) is 10.2. The van der Waals surface area contributed by atoms with E-state index < -0.39 is 0 Å². The fraction of sp³-hybridized carbons (Fsp3) is 0.545. The smallest absolute Gasteiger partial charge is 0.259 e. The predicted octanol–water partition coefficient (Wildman–Crippen LogP) is 3.84. The van der Waals surface area contributed by atoms with E-state index in [-0.39, 0.29) is 11.6 Å². The first kappa shape index (κ1) is 17.5. The maximum absolute atomic E-state index is 13.2. The number of hydrogen-bond acceptors (Lipinski definition) is 4. The Morgan fingerprint density at radius 1 is 1.22 bits per heavy atom. The van der Waals surface area contributed by atoms with Gasteiger partial charge in [0.15, 0.2) is 5.16 Å². The molecule has 3 heterocycles. The third kappa shape index (κ3) is 2.87. The lowest BCUT2D eigenvalue weighted by molar-refractivity contribution is 0.191. The Morgan fingerprint density at radius 3 is 2.85 bits per heavy atom. The quantitative estimate of drug-likeness (QED) is 0.757. The van der Waals surface area contributed by atoms with Crippen molar-refractivity contribution in [2.45, 2.75) is 50.4 Å². The Balaban J connectivity index is 1.39. The second-order valence-electron chi connectivity index (χ2n) is 8.36. The van der Waals surface area contributed by atoms with Gasteiger partial charge >= 0.3 is 0 Å². The molecule has 1 saturated heterocycles. The predicted molar refractivity (Wildman–Crippen MR) is 109 cm³/mol. The molecule has 1 aromatic carbocycles. The Hall–Kier alpha value is -1.59. The van der Waals surface area contributed by atoms with Crippen molar-refractivity contribution in [1.29, 1.82) is 0 Å².